The summed E-state index contributed by atoms with van der Waals surface area (Å²) in [7, 11) is 0. The van der Waals surface area contributed by atoms with Gasteiger partial charge < -0.3 is 9.84 Å². The molecule has 0 heterocycles. The number of carbonyl (C=O) groups excluding carboxylic acids is 3. The van der Waals surface area contributed by atoms with Gasteiger partial charge in [-0.05, 0) is 62.2 Å². The minimum atomic E-state index is -1.65. The fourth-order valence-electron chi connectivity index (χ4n) is 7.43. The Morgan fingerprint density at radius 2 is 1.91 bits per heavy atom. The summed E-state index contributed by atoms with van der Waals surface area (Å²) in [6.07, 6.45) is 10.7. The summed E-state index contributed by atoms with van der Waals surface area (Å²) < 4.78 is 5.08. The number of hydrogen-bond donors (Lipinski definition) is 1. The van der Waals surface area contributed by atoms with Crippen molar-refractivity contribution in [3.05, 3.63) is 71.3 Å². The lowest BCUT2D eigenvalue weighted by Gasteiger charge is -2.53. The summed E-state index contributed by atoms with van der Waals surface area (Å²) in [4.78, 5) is 37.1. The molecule has 1 aromatic carbocycles. The van der Waals surface area contributed by atoms with E-state index < -0.39 is 29.4 Å². The van der Waals surface area contributed by atoms with Crippen molar-refractivity contribution in [1.82, 2.24) is 0 Å². The van der Waals surface area contributed by atoms with Gasteiger partial charge in [-0.15, -0.1) is 0 Å². The van der Waals surface area contributed by atoms with Crippen molar-refractivity contribution in [2.24, 2.45) is 22.7 Å². The predicted molar refractivity (Wildman–Crippen MR) is 128 cm³/mol. The van der Waals surface area contributed by atoms with E-state index in [0.29, 0.717) is 12.8 Å². The van der Waals surface area contributed by atoms with Gasteiger partial charge in [0.1, 0.15) is 5.60 Å². The Kier molecular flexibility index (Phi) is 5.32. The summed E-state index contributed by atoms with van der Waals surface area (Å²) in [5.41, 5.74) is 0.771. The zero-order valence-electron chi connectivity index (χ0n) is 20.0. The molecule has 4 aliphatic rings. The van der Waals surface area contributed by atoms with Crippen LogP contribution in [-0.4, -0.2) is 34.9 Å². The molecule has 5 heteroatoms. The molecular formula is C29H32O5. The highest BCUT2D eigenvalue weighted by molar-refractivity contribution is 6.01. The van der Waals surface area contributed by atoms with Gasteiger partial charge in [0.15, 0.2) is 12.4 Å². The molecule has 1 aromatic rings. The van der Waals surface area contributed by atoms with Gasteiger partial charge in [0.25, 0.3) is 0 Å². The maximum atomic E-state index is 13.6. The van der Waals surface area contributed by atoms with E-state index >= 15 is 0 Å². The molecule has 3 unspecified atom stereocenters. The van der Waals surface area contributed by atoms with Crippen LogP contribution < -0.4 is 0 Å². The first-order valence-corrected chi connectivity index (χ1v) is 12.2. The van der Waals surface area contributed by atoms with E-state index in [-0.39, 0.29) is 29.0 Å². The predicted octanol–water partition coefficient (Wildman–Crippen LogP) is 4.47. The van der Waals surface area contributed by atoms with Crippen LogP contribution >= 0.6 is 0 Å². The Morgan fingerprint density at radius 3 is 2.62 bits per heavy atom. The highest BCUT2D eigenvalue weighted by atomic mass is 16.5. The third-order valence-electron chi connectivity index (χ3n) is 9.24. The third kappa shape index (κ3) is 3.13. The Bertz CT molecular complexity index is 1140. The fourth-order valence-corrected chi connectivity index (χ4v) is 7.43. The van der Waals surface area contributed by atoms with Gasteiger partial charge in [0.05, 0.1) is 0 Å². The molecule has 1 N–H and O–H groups in total. The summed E-state index contributed by atoms with van der Waals surface area (Å²) >= 11 is 0. The number of rotatable bonds is 4. The summed E-state index contributed by atoms with van der Waals surface area (Å²) in [5.74, 6) is -0.995. The number of carbonyl (C=O) groups is 3. The van der Waals surface area contributed by atoms with Crippen LogP contribution in [0.4, 0.5) is 0 Å². The average molecular weight is 461 g/mol. The van der Waals surface area contributed by atoms with Crippen LogP contribution in [0.5, 0.6) is 0 Å². The molecule has 34 heavy (non-hydrogen) atoms. The topological polar surface area (TPSA) is 80.7 Å². The van der Waals surface area contributed by atoms with E-state index in [1.165, 1.54) is 12.5 Å². The van der Waals surface area contributed by atoms with Gasteiger partial charge >= 0.3 is 5.97 Å². The standard InChI is InChI=1S/C29H32O5/c1-18(30)34-17-26(32)29(33)24(19-7-5-4-6-8-19)16-25-22-10-9-20-15-21(31)11-13-27(20,2)23(22)12-14-28(25,29)3/h4-8,11-13,15,22,24-25,33H,9-10,14,16-17H2,1-3H3/t22?,24?,25?,27-,28-,29-/m0/s1. The summed E-state index contributed by atoms with van der Waals surface area (Å²) in [6.45, 7) is 5.07. The number of aliphatic hydroxyl groups is 1. The van der Waals surface area contributed by atoms with Crippen LogP contribution in [-0.2, 0) is 19.1 Å². The molecule has 2 fully saturated rings. The molecule has 0 amide bonds. The Morgan fingerprint density at radius 1 is 1.18 bits per heavy atom. The summed E-state index contributed by atoms with van der Waals surface area (Å²) in [5, 5.41) is 12.3. The molecule has 0 saturated heterocycles. The number of esters is 1. The van der Waals surface area contributed by atoms with Gasteiger partial charge in [-0.2, -0.15) is 0 Å². The maximum Gasteiger partial charge on any atom is 0.303 e. The first-order valence-electron chi connectivity index (χ1n) is 12.2. The number of allylic oxidation sites excluding steroid dienone is 6. The zero-order valence-corrected chi connectivity index (χ0v) is 20.0. The van der Waals surface area contributed by atoms with Crippen LogP contribution in [0.3, 0.4) is 0 Å². The summed E-state index contributed by atoms with van der Waals surface area (Å²) in [6, 6.07) is 9.75. The quantitative estimate of drug-likeness (QED) is 0.530. The third-order valence-corrected chi connectivity index (χ3v) is 9.24. The molecule has 0 radical (unpaired) electrons. The Balaban J connectivity index is 1.59. The lowest BCUT2D eigenvalue weighted by atomic mass is 9.51. The van der Waals surface area contributed by atoms with Crippen LogP contribution in [0.25, 0.3) is 0 Å². The highest BCUT2D eigenvalue weighted by Crippen LogP contribution is 2.68. The molecule has 4 aliphatic carbocycles. The van der Waals surface area contributed by atoms with E-state index in [0.717, 1.165) is 24.0 Å². The van der Waals surface area contributed by atoms with Crippen LogP contribution in [0.2, 0.25) is 0 Å². The van der Waals surface area contributed by atoms with Gasteiger partial charge in [-0.1, -0.05) is 60.6 Å². The van der Waals surface area contributed by atoms with Gasteiger partial charge in [0.2, 0.25) is 5.78 Å². The number of hydrogen-bond acceptors (Lipinski definition) is 5. The lowest BCUT2D eigenvalue weighted by Crippen LogP contribution is -2.57. The number of ketones is 2. The number of Topliss-reactive ketones (excluding diaryl/α,β-unsaturated/α-hetero) is 1. The molecule has 0 aliphatic heterocycles. The van der Waals surface area contributed by atoms with Crippen molar-refractivity contribution in [1.29, 1.82) is 0 Å². The minimum Gasteiger partial charge on any atom is -0.458 e. The first kappa shape index (κ1) is 23.0. The van der Waals surface area contributed by atoms with Gasteiger partial charge in [-0.25, -0.2) is 0 Å². The van der Waals surface area contributed by atoms with E-state index in [2.05, 4.69) is 13.0 Å². The van der Waals surface area contributed by atoms with Gasteiger partial charge in [0, 0.05) is 23.7 Å². The van der Waals surface area contributed by atoms with Crippen molar-refractivity contribution in [3.63, 3.8) is 0 Å². The lowest BCUT2D eigenvalue weighted by molar-refractivity contribution is -0.164. The van der Waals surface area contributed by atoms with Crippen molar-refractivity contribution in [2.45, 2.75) is 58.0 Å². The first-order chi connectivity index (χ1) is 16.1. The van der Waals surface area contributed by atoms with E-state index in [9.17, 15) is 19.5 Å². The monoisotopic (exact) mass is 460 g/mol. The van der Waals surface area contributed by atoms with Crippen LogP contribution in [0.15, 0.2) is 65.8 Å². The molecule has 5 rings (SSSR count). The van der Waals surface area contributed by atoms with E-state index in [1.54, 1.807) is 12.2 Å². The van der Waals surface area contributed by atoms with Gasteiger partial charge in [-0.3, -0.25) is 14.4 Å². The molecule has 6 atom stereocenters. The SMILES string of the molecule is CC(=O)OCC(=O)[C@@]1(O)C(c2ccccc2)CC2C3CCC4=CC(=O)C=C[C@]4(C)C3=CC[C@@]21C. The average Bonchev–Trinajstić information content (AvgIpc) is 3.07. The normalized spacial score (nSPS) is 38.2. The smallest absolute Gasteiger partial charge is 0.303 e. The number of fused-ring (bicyclic) bond motifs is 5. The Hall–Kier alpha value is -2.79. The second-order valence-electron chi connectivity index (χ2n) is 10.8. The number of ether oxygens (including phenoxy) is 1. The zero-order chi connectivity index (χ0) is 24.3. The highest BCUT2D eigenvalue weighted by Gasteiger charge is 2.68. The molecule has 5 nitrogen and oxygen atoms in total. The molecule has 0 bridgehead atoms. The van der Waals surface area contributed by atoms with Crippen molar-refractivity contribution >= 4 is 17.5 Å². The largest absolute Gasteiger partial charge is 0.458 e. The molecule has 0 aromatic heterocycles. The molecule has 2 saturated carbocycles. The van der Waals surface area contributed by atoms with E-state index in [1.807, 2.05) is 43.3 Å². The van der Waals surface area contributed by atoms with Crippen LogP contribution in [0.1, 0.15) is 57.9 Å². The molecular weight excluding hydrogens is 428 g/mol. The fraction of sp³-hybridized carbons (Fsp3) is 0.483. The van der Waals surface area contributed by atoms with E-state index in [4.69, 9.17) is 4.74 Å². The Labute approximate surface area is 200 Å². The molecule has 0 spiro atoms. The second kappa shape index (κ2) is 7.88. The van der Waals surface area contributed by atoms with Crippen molar-refractivity contribution in [2.75, 3.05) is 6.61 Å². The minimum absolute atomic E-state index is 0.0441. The maximum absolute atomic E-state index is 13.6. The van der Waals surface area contributed by atoms with Crippen LogP contribution in [0, 0.1) is 22.7 Å². The molecule has 178 valence electrons. The van der Waals surface area contributed by atoms with Crippen molar-refractivity contribution in [3.8, 4) is 0 Å². The second-order valence-corrected chi connectivity index (χ2v) is 10.8. The number of benzene rings is 1. The van der Waals surface area contributed by atoms with Crippen molar-refractivity contribution < 1.29 is 24.2 Å².